The standard InChI is InChI=1S/C28H35NO3/c1-4-27(30)11-9-7-5-6-8-10-22-32-28(31)25-18-14-23(15-19-25)12-13-24-16-20-26(21-17-24)29(2)3/h4,12-21H,1,5-11,22H2,2-3H3/b13-12+. The molecule has 0 N–H and O–H groups in total. The summed E-state index contributed by atoms with van der Waals surface area (Å²) in [5.41, 5.74) is 3.91. The van der Waals surface area contributed by atoms with Gasteiger partial charge in [-0.25, -0.2) is 4.79 Å². The first-order valence-corrected chi connectivity index (χ1v) is 11.4. The van der Waals surface area contributed by atoms with E-state index in [0.29, 0.717) is 18.6 Å². The number of hydrogen-bond donors (Lipinski definition) is 0. The molecule has 0 bridgehead atoms. The van der Waals surface area contributed by atoms with Crippen molar-refractivity contribution < 1.29 is 14.3 Å². The molecule has 0 aliphatic heterocycles. The Bertz CT molecular complexity index is 880. The van der Waals surface area contributed by atoms with Crippen LogP contribution in [0.4, 0.5) is 5.69 Å². The van der Waals surface area contributed by atoms with E-state index in [-0.39, 0.29) is 11.8 Å². The number of unbranched alkanes of at least 4 members (excludes halogenated alkanes) is 5. The van der Waals surface area contributed by atoms with Crippen LogP contribution in [0, 0.1) is 0 Å². The molecule has 0 heterocycles. The number of hydrogen-bond acceptors (Lipinski definition) is 4. The Morgan fingerprint density at radius 2 is 1.34 bits per heavy atom. The Kier molecular flexibility index (Phi) is 11.0. The molecule has 0 aromatic heterocycles. The average Bonchev–Trinajstić information content (AvgIpc) is 2.81. The van der Waals surface area contributed by atoms with Crippen molar-refractivity contribution in [1.29, 1.82) is 0 Å². The van der Waals surface area contributed by atoms with E-state index in [1.807, 2.05) is 44.4 Å². The lowest BCUT2D eigenvalue weighted by Crippen LogP contribution is -2.07. The van der Waals surface area contributed by atoms with Gasteiger partial charge < -0.3 is 9.64 Å². The molecule has 4 heteroatoms. The maximum Gasteiger partial charge on any atom is 0.338 e. The number of allylic oxidation sites excluding steroid dienone is 1. The van der Waals surface area contributed by atoms with Crippen LogP contribution in [-0.4, -0.2) is 32.5 Å². The van der Waals surface area contributed by atoms with Crippen LogP contribution in [-0.2, 0) is 9.53 Å². The largest absolute Gasteiger partial charge is 0.462 e. The zero-order valence-corrected chi connectivity index (χ0v) is 19.4. The van der Waals surface area contributed by atoms with Crippen molar-refractivity contribution in [1.82, 2.24) is 0 Å². The van der Waals surface area contributed by atoms with Crippen molar-refractivity contribution in [3.05, 3.63) is 77.9 Å². The van der Waals surface area contributed by atoms with Gasteiger partial charge in [0.05, 0.1) is 12.2 Å². The zero-order valence-electron chi connectivity index (χ0n) is 19.4. The summed E-state index contributed by atoms with van der Waals surface area (Å²) < 4.78 is 5.38. The summed E-state index contributed by atoms with van der Waals surface area (Å²) >= 11 is 0. The molecule has 0 unspecified atom stereocenters. The molecule has 32 heavy (non-hydrogen) atoms. The van der Waals surface area contributed by atoms with E-state index in [2.05, 4.69) is 41.8 Å². The molecular formula is C28H35NO3. The minimum absolute atomic E-state index is 0.121. The second-order valence-electron chi connectivity index (χ2n) is 8.12. The summed E-state index contributed by atoms with van der Waals surface area (Å²) in [6.07, 6.45) is 12.2. The second kappa shape index (κ2) is 14.0. The van der Waals surface area contributed by atoms with Crippen molar-refractivity contribution in [2.45, 2.75) is 44.9 Å². The Hall–Kier alpha value is -3.14. The third-order valence-electron chi connectivity index (χ3n) is 5.30. The molecule has 0 fully saturated rings. The number of benzene rings is 2. The van der Waals surface area contributed by atoms with Crippen molar-refractivity contribution in [2.24, 2.45) is 0 Å². The number of anilines is 1. The number of carbonyl (C=O) groups is 2. The van der Waals surface area contributed by atoms with Crippen LogP contribution in [0.25, 0.3) is 12.2 Å². The number of rotatable bonds is 14. The SMILES string of the molecule is C=CC(=O)CCCCCCCCOC(=O)c1ccc(/C=C/c2ccc(N(C)C)cc2)cc1. The van der Waals surface area contributed by atoms with Crippen molar-refractivity contribution in [3.63, 3.8) is 0 Å². The normalized spacial score (nSPS) is 10.8. The summed E-state index contributed by atoms with van der Waals surface area (Å²) in [5.74, 6) is -0.154. The fourth-order valence-corrected chi connectivity index (χ4v) is 3.27. The Morgan fingerprint density at radius 1 is 0.812 bits per heavy atom. The molecule has 2 aromatic carbocycles. The third-order valence-corrected chi connectivity index (χ3v) is 5.30. The molecule has 2 rings (SSSR count). The summed E-state index contributed by atoms with van der Waals surface area (Å²) in [6.45, 7) is 3.92. The van der Waals surface area contributed by atoms with E-state index in [0.717, 1.165) is 49.7 Å². The lowest BCUT2D eigenvalue weighted by molar-refractivity contribution is -0.114. The molecule has 170 valence electrons. The summed E-state index contributed by atoms with van der Waals surface area (Å²) in [7, 11) is 4.05. The van der Waals surface area contributed by atoms with Gasteiger partial charge in [-0.3, -0.25) is 4.79 Å². The van der Waals surface area contributed by atoms with Crippen LogP contribution in [0.5, 0.6) is 0 Å². The van der Waals surface area contributed by atoms with Gasteiger partial charge in [0.15, 0.2) is 5.78 Å². The number of ketones is 1. The molecule has 2 aromatic rings. The van der Waals surface area contributed by atoms with E-state index in [1.165, 1.54) is 11.8 Å². The molecule has 0 amide bonds. The van der Waals surface area contributed by atoms with Gasteiger partial charge in [0.1, 0.15) is 0 Å². The van der Waals surface area contributed by atoms with Gasteiger partial charge in [0, 0.05) is 26.2 Å². The fourth-order valence-electron chi connectivity index (χ4n) is 3.27. The minimum Gasteiger partial charge on any atom is -0.462 e. The zero-order chi connectivity index (χ0) is 23.2. The van der Waals surface area contributed by atoms with E-state index >= 15 is 0 Å². The molecule has 0 atom stereocenters. The molecule has 0 saturated heterocycles. The number of carbonyl (C=O) groups excluding carboxylic acids is 2. The van der Waals surface area contributed by atoms with Crippen LogP contribution in [0.2, 0.25) is 0 Å². The third kappa shape index (κ3) is 9.34. The van der Waals surface area contributed by atoms with Gasteiger partial charge in [-0.05, 0) is 54.3 Å². The first-order chi connectivity index (χ1) is 15.5. The van der Waals surface area contributed by atoms with Gasteiger partial charge in [-0.1, -0.05) is 68.7 Å². The second-order valence-corrected chi connectivity index (χ2v) is 8.12. The van der Waals surface area contributed by atoms with Crippen LogP contribution < -0.4 is 4.90 Å². The maximum atomic E-state index is 12.2. The van der Waals surface area contributed by atoms with Crippen LogP contribution in [0.1, 0.15) is 66.4 Å². The van der Waals surface area contributed by atoms with Gasteiger partial charge in [0.2, 0.25) is 0 Å². The molecule has 0 saturated carbocycles. The Balaban J connectivity index is 1.65. The summed E-state index contributed by atoms with van der Waals surface area (Å²) in [6, 6.07) is 15.8. The Labute approximate surface area is 192 Å². The first kappa shape index (κ1) is 25.1. The predicted molar refractivity (Wildman–Crippen MR) is 134 cm³/mol. The average molecular weight is 434 g/mol. The van der Waals surface area contributed by atoms with Crippen LogP contribution >= 0.6 is 0 Å². The van der Waals surface area contributed by atoms with Crippen molar-refractivity contribution >= 4 is 29.6 Å². The Morgan fingerprint density at radius 3 is 1.91 bits per heavy atom. The molecule has 0 aliphatic rings. The first-order valence-electron chi connectivity index (χ1n) is 11.4. The van der Waals surface area contributed by atoms with Gasteiger partial charge >= 0.3 is 5.97 Å². The smallest absolute Gasteiger partial charge is 0.338 e. The molecule has 0 aliphatic carbocycles. The highest BCUT2D eigenvalue weighted by atomic mass is 16.5. The van der Waals surface area contributed by atoms with Crippen molar-refractivity contribution in [2.75, 3.05) is 25.6 Å². The number of esters is 1. The maximum absolute atomic E-state index is 12.2. The van der Waals surface area contributed by atoms with Crippen LogP contribution in [0.15, 0.2) is 61.2 Å². The molecular weight excluding hydrogens is 398 g/mol. The monoisotopic (exact) mass is 433 g/mol. The minimum atomic E-state index is -0.275. The van der Waals surface area contributed by atoms with E-state index in [1.54, 1.807) is 0 Å². The molecule has 0 spiro atoms. The summed E-state index contributed by atoms with van der Waals surface area (Å²) in [5, 5.41) is 0. The molecule has 4 nitrogen and oxygen atoms in total. The fraction of sp³-hybridized carbons (Fsp3) is 0.357. The van der Waals surface area contributed by atoms with E-state index in [9.17, 15) is 9.59 Å². The van der Waals surface area contributed by atoms with Gasteiger partial charge in [-0.2, -0.15) is 0 Å². The van der Waals surface area contributed by atoms with Gasteiger partial charge in [0.25, 0.3) is 0 Å². The predicted octanol–water partition coefficient (Wildman–Crippen LogP) is 6.57. The molecule has 0 radical (unpaired) electrons. The van der Waals surface area contributed by atoms with Gasteiger partial charge in [-0.15, -0.1) is 0 Å². The van der Waals surface area contributed by atoms with E-state index in [4.69, 9.17) is 4.74 Å². The summed E-state index contributed by atoms with van der Waals surface area (Å²) in [4.78, 5) is 25.4. The van der Waals surface area contributed by atoms with Crippen LogP contribution in [0.3, 0.4) is 0 Å². The lowest BCUT2D eigenvalue weighted by Gasteiger charge is -2.11. The number of ether oxygens (including phenoxy) is 1. The van der Waals surface area contributed by atoms with Crippen molar-refractivity contribution in [3.8, 4) is 0 Å². The topological polar surface area (TPSA) is 46.6 Å². The highest BCUT2D eigenvalue weighted by Crippen LogP contribution is 2.15. The highest BCUT2D eigenvalue weighted by Gasteiger charge is 2.06. The lowest BCUT2D eigenvalue weighted by atomic mass is 10.1. The quantitative estimate of drug-likeness (QED) is 0.146. The highest BCUT2D eigenvalue weighted by molar-refractivity contribution is 5.90. The van der Waals surface area contributed by atoms with E-state index < -0.39 is 0 Å². The number of nitrogens with zero attached hydrogens (tertiary/aromatic N) is 1.